The highest BCUT2D eigenvalue weighted by atomic mass is 16.6. The number of hydrogen-bond donors (Lipinski definition) is 1. The predicted octanol–water partition coefficient (Wildman–Crippen LogP) is 1.95. The van der Waals surface area contributed by atoms with E-state index in [0.717, 1.165) is 12.8 Å². The molecule has 9 nitrogen and oxygen atoms in total. The molecule has 0 radical (unpaired) electrons. The maximum atomic E-state index is 11.5. The van der Waals surface area contributed by atoms with E-state index in [1.54, 1.807) is 0 Å². The molecule has 2 N–H and O–H groups in total. The summed E-state index contributed by atoms with van der Waals surface area (Å²) in [5, 5.41) is 0. The molecule has 0 bridgehead atoms. The number of hydrogen-bond acceptors (Lipinski definition) is 9. The molecular formula is C22H45NO8. The zero-order chi connectivity index (χ0) is 22.7. The number of carbonyl (C=O) groups excluding carboxylic acids is 1. The number of nitrogens with two attached hydrogens (primary N) is 1. The Kier molecular flexibility index (Phi) is 26.5. The summed E-state index contributed by atoms with van der Waals surface area (Å²) >= 11 is 0. The summed E-state index contributed by atoms with van der Waals surface area (Å²) in [6.07, 6.45) is 6.12. The Morgan fingerprint density at radius 3 is 1.35 bits per heavy atom. The first-order valence-electron chi connectivity index (χ1n) is 11.6. The number of unbranched alkanes of at least 4 members (excludes halogenated alkanes) is 4. The SMILES string of the molecule is CCCCCCCC(=O)OCCOCCOCCOCCOCCOCCOCCN. The van der Waals surface area contributed by atoms with Gasteiger partial charge in [0.2, 0.25) is 0 Å². The van der Waals surface area contributed by atoms with Crippen LogP contribution in [0, 0.1) is 0 Å². The zero-order valence-electron chi connectivity index (χ0n) is 19.5. The fourth-order valence-electron chi connectivity index (χ4n) is 2.44. The van der Waals surface area contributed by atoms with Crippen LogP contribution in [0.3, 0.4) is 0 Å². The van der Waals surface area contributed by atoms with Crippen LogP contribution < -0.4 is 5.73 Å². The van der Waals surface area contributed by atoms with E-state index in [0.29, 0.717) is 98.9 Å². The van der Waals surface area contributed by atoms with E-state index in [2.05, 4.69) is 6.92 Å². The Labute approximate surface area is 188 Å². The molecule has 186 valence electrons. The van der Waals surface area contributed by atoms with Crippen LogP contribution in [0.5, 0.6) is 0 Å². The summed E-state index contributed by atoms with van der Waals surface area (Å²) in [5.41, 5.74) is 5.31. The van der Waals surface area contributed by atoms with Crippen LogP contribution in [0.4, 0.5) is 0 Å². The van der Waals surface area contributed by atoms with Crippen molar-refractivity contribution in [3.8, 4) is 0 Å². The van der Waals surface area contributed by atoms with Gasteiger partial charge in [0.1, 0.15) is 6.61 Å². The molecule has 0 aliphatic heterocycles. The van der Waals surface area contributed by atoms with Crippen molar-refractivity contribution in [3.63, 3.8) is 0 Å². The minimum absolute atomic E-state index is 0.141. The largest absolute Gasteiger partial charge is 0.463 e. The first kappa shape index (κ1) is 30.2. The third-order valence-electron chi connectivity index (χ3n) is 4.10. The smallest absolute Gasteiger partial charge is 0.305 e. The Bertz CT molecular complexity index is 360. The highest BCUT2D eigenvalue weighted by Gasteiger charge is 2.02. The normalized spacial score (nSPS) is 11.2. The Morgan fingerprint density at radius 1 is 0.548 bits per heavy atom. The summed E-state index contributed by atoms with van der Waals surface area (Å²) in [7, 11) is 0. The standard InChI is InChI=1S/C22H45NO8/c1-2-3-4-5-6-7-22(24)31-21-20-30-19-18-29-17-16-28-15-14-27-13-12-26-11-10-25-9-8-23/h2-21,23H2,1H3. The third kappa shape index (κ3) is 27.2. The van der Waals surface area contributed by atoms with Crippen molar-refractivity contribution >= 4 is 5.97 Å². The number of rotatable bonds is 26. The van der Waals surface area contributed by atoms with E-state index >= 15 is 0 Å². The average Bonchev–Trinajstić information content (AvgIpc) is 2.77. The lowest BCUT2D eigenvalue weighted by atomic mass is 10.1. The topological polar surface area (TPSA) is 108 Å². The minimum Gasteiger partial charge on any atom is -0.463 e. The maximum Gasteiger partial charge on any atom is 0.305 e. The van der Waals surface area contributed by atoms with Crippen LogP contribution in [0.25, 0.3) is 0 Å². The van der Waals surface area contributed by atoms with Gasteiger partial charge in [-0.15, -0.1) is 0 Å². The van der Waals surface area contributed by atoms with Crippen LogP contribution in [-0.2, 0) is 38.0 Å². The molecule has 0 saturated carbocycles. The quantitative estimate of drug-likeness (QED) is 0.156. The molecule has 0 aromatic rings. The van der Waals surface area contributed by atoms with Crippen molar-refractivity contribution in [2.75, 3.05) is 92.4 Å². The lowest BCUT2D eigenvalue weighted by Gasteiger charge is -2.08. The van der Waals surface area contributed by atoms with Crippen LogP contribution in [0.2, 0.25) is 0 Å². The van der Waals surface area contributed by atoms with Gasteiger partial charge in [-0.05, 0) is 6.42 Å². The van der Waals surface area contributed by atoms with Crippen molar-refractivity contribution in [3.05, 3.63) is 0 Å². The summed E-state index contributed by atoms with van der Waals surface area (Å²) in [4.78, 5) is 11.5. The summed E-state index contributed by atoms with van der Waals surface area (Å²) in [6.45, 7) is 9.12. The molecule has 0 rings (SSSR count). The van der Waals surface area contributed by atoms with Gasteiger partial charge in [0.25, 0.3) is 0 Å². The third-order valence-corrected chi connectivity index (χ3v) is 4.10. The molecular weight excluding hydrogens is 406 g/mol. The van der Waals surface area contributed by atoms with Crippen molar-refractivity contribution in [1.82, 2.24) is 0 Å². The fraction of sp³-hybridized carbons (Fsp3) is 0.955. The van der Waals surface area contributed by atoms with Crippen molar-refractivity contribution in [2.45, 2.75) is 45.4 Å². The van der Waals surface area contributed by atoms with Gasteiger partial charge in [-0.3, -0.25) is 4.79 Å². The number of esters is 1. The van der Waals surface area contributed by atoms with E-state index in [1.165, 1.54) is 19.3 Å². The van der Waals surface area contributed by atoms with Crippen molar-refractivity contribution in [1.29, 1.82) is 0 Å². The fourth-order valence-corrected chi connectivity index (χ4v) is 2.44. The molecule has 0 saturated heterocycles. The number of ether oxygens (including phenoxy) is 7. The molecule has 0 unspecified atom stereocenters. The molecule has 0 spiro atoms. The molecule has 0 atom stereocenters. The Balaban J connectivity index is 3.08. The van der Waals surface area contributed by atoms with Gasteiger partial charge in [0.15, 0.2) is 0 Å². The van der Waals surface area contributed by atoms with E-state index < -0.39 is 0 Å². The highest BCUT2D eigenvalue weighted by Crippen LogP contribution is 2.05. The van der Waals surface area contributed by atoms with Crippen LogP contribution >= 0.6 is 0 Å². The van der Waals surface area contributed by atoms with Gasteiger partial charge < -0.3 is 38.9 Å². The Hall–Kier alpha value is -0.810. The van der Waals surface area contributed by atoms with E-state index in [4.69, 9.17) is 38.9 Å². The van der Waals surface area contributed by atoms with E-state index in [1.807, 2.05) is 0 Å². The number of carbonyl (C=O) groups is 1. The molecule has 0 aromatic carbocycles. The maximum absolute atomic E-state index is 11.5. The van der Waals surface area contributed by atoms with E-state index in [9.17, 15) is 4.79 Å². The second kappa shape index (κ2) is 27.2. The lowest BCUT2D eigenvalue weighted by Crippen LogP contribution is -2.15. The van der Waals surface area contributed by atoms with E-state index in [-0.39, 0.29) is 5.97 Å². The second-order valence-corrected chi connectivity index (χ2v) is 6.85. The lowest BCUT2D eigenvalue weighted by molar-refractivity contribution is -0.145. The van der Waals surface area contributed by atoms with Crippen LogP contribution in [0.1, 0.15) is 45.4 Å². The molecule has 0 amide bonds. The van der Waals surface area contributed by atoms with Crippen molar-refractivity contribution < 1.29 is 38.0 Å². The van der Waals surface area contributed by atoms with Crippen LogP contribution in [-0.4, -0.2) is 98.4 Å². The molecule has 0 aromatic heterocycles. The summed E-state index contributed by atoms with van der Waals surface area (Å²) in [5.74, 6) is -0.141. The summed E-state index contributed by atoms with van der Waals surface area (Å²) in [6, 6.07) is 0. The first-order valence-corrected chi connectivity index (χ1v) is 11.6. The first-order chi connectivity index (χ1) is 15.3. The molecule has 9 heteroatoms. The van der Waals surface area contributed by atoms with Gasteiger partial charge in [-0.2, -0.15) is 0 Å². The zero-order valence-corrected chi connectivity index (χ0v) is 19.5. The summed E-state index contributed by atoms with van der Waals surface area (Å²) < 4.78 is 37.2. The molecule has 0 aliphatic carbocycles. The van der Waals surface area contributed by atoms with Gasteiger partial charge in [0, 0.05) is 13.0 Å². The van der Waals surface area contributed by atoms with Crippen molar-refractivity contribution in [2.24, 2.45) is 5.73 Å². The van der Waals surface area contributed by atoms with Gasteiger partial charge in [-0.25, -0.2) is 0 Å². The Morgan fingerprint density at radius 2 is 0.935 bits per heavy atom. The van der Waals surface area contributed by atoms with Gasteiger partial charge in [-0.1, -0.05) is 32.6 Å². The molecule has 0 fully saturated rings. The average molecular weight is 452 g/mol. The monoisotopic (exact) mass is 451 g/mol. The minimum atomic E-state index is -0.141. The van der Waals surface area contributed by atoms with Crippen LogP contribution in [0.15, 0.2) is 0 Å². The molecule has 31 heavy (non-hydrogen) atoms. The predicted molar refractivity (Wildman–Crippen MR) is 118 cm³/mol. The van der Waals surface area contributed by atoms with Gasteiger partial charge in [0.05, 0.1) is 79.3 Å². The molecule has 0 heterocycles. The second-order valence-electron chi connectivity index (χ2n) is 6.85. The van der Waals surface area contributed by atoms with Gasteiger partial charge >= 0.3 is 5.97 Å². The highest BCUT2D eigenvalue weighted by molar-refractivity contribution is 5.69. The molecule has 0 aliphatic rings.